The van der Waals surface area contributed by atoms with Crippen molar-refractivity contribution in [1.29, 1.82) is 0 Å². The van der Waals surface area contributed by atoms with Gasteiger partial charge in [0.2, 0.25) is 5.95 Å². The van der Waals surface area contributed by atoms with Crippen LogP contribution in [0.4, 0.5) is 11.8 Å². The molecule has 2 aromatic rings. The number of ether oxygens (including phenoxy) is 1. The molecule has 3 heterocycles. The maximum absolute atomic E-state index is 9.59. The Morgan fingerprint density at radius 1 is 1.52 bits per heavy atom. The zero-order chi connectivity index (χ0) is 14.8. The summed E-state index contributed by atoms with van der Waals surface area (Å²) in [6.07, 6.45) is 0. The molecule has 1 atom stereocenters. The molecule has 0 saturated carbocycles. The molecule has 0 radical (unpaired) electrons. The lowest BCUT2D eigenvalue weighted by Crippen LogP contribution is -2.48. The molecule has 1 aliphatic heterocycles. The average molecular weight is 308 g/mol. The second-order valence-electron chi connectivity index (χ2n) is 5.08. The van der Waals surface area contributed by atoms with Gasteiger partial charge in [-0.2, -0.15) is 4.98 Å². The number of aliphatic hydroxyl groups is 1. The number of nitrogens with one attached hydrogen (secondary N) is 1. The number of aliphatic hydroxyl groups excluding tert-OH is 1. The molecule has 2 N–H and O–H groups in total. The van der Waals surface area contributed by atoms with Crippen molar-refractivity contribution in [3.05, 3.63) is 10.9 Å². The molecule has 3 rings (SSSR count). The van der Waals surface area contributed by atoms with E-state index in [9.17, 15) is 5.11 Å². The average Bonchev–Trinajstić information content (AvgIpc) is 2.87. The van der Waals surface area contributed by atoms with Crippen LogP contribution in [0.15, 0.2) is 6.07 Å². The quantitative estimate of drug-likeness (QED) is 0.894. The number of aryl methyl sites for hydroxylation is 1. The topological polar surface area (TPSA) is 70.5 Å². The Morgan fingerprint density at radius 3 is 3.14 bits per heavy atom. The summed E-state index contributed by atoms with van der Waals surface area (Å²) in [4.78, 5) is 13.6. The summed E-state index contributed by atoms with van der Waals surface area (Å²) in [5.41, 5.74) is 0. The monoisotopic (exact) mass is 308 g/mol. The van der Waals surface area contributed by atoms with E-state index in [2.05, 4.69) is 33.2 Å². The number of fused-ring (bicyclic) bond motifs is 1. The van der Waals surface area contributed by atoms with Crippen molar-refractivity contribution in [3.8, 4) is 0 Å². The van der Waals surface area contributed by atoms with Crippen LogP contribution in [-0.2, 0) is 4.74 Å². The third-order valence-corrected chi connectivity index (χ3v) is 4.49. The maximum Gasteiger partial charge on any atom is 0.226 e. The lowest BCUT2D eigenvalue weighted by atomic mass is 10.2. The Balaban J connectivity index is 2.09. The van der Waals surface area contributed by atoms with Gasteiger partial charge in [-0.1, -0.05) is 0 Å². The van der Waals surface area contributed by atoms with Crippen LogP contribution < -0.4 is 10.2 Å². The van der Waals surface area contributed by atoms with E-state index in [4.69, 9.17) is 4.74 Å². The summed E-state index contributed by atoms with van der Waals surface area (Å²) >= 11 is 1.67. The van der Waals surface area contributed by atoms with Crippen molar-refractivity contribution in [3.63, 3.8) is 0 Å². The molecule has 1 unspecified atom stereocenters. The Kier molecular flexibility index (Phi) is 4.23. The Bertz CT molecular complexity index is 631. The highest BCUT2D eigenvalue weighted by atomic mass is 32.1. The van der Waals surface area contributed by atoms with E-state index in [1.54, 1.807) is 11.3 Å². The van der Waals surface area contributed by atoms with Gasteiger partial charge in [0.15, 0.2) is 0 Å². The second kappa shape index (κ2) is 6.13. The highest BCUT2D eigenvalue weighted by molar-refractivity contribution is 7.18. The minimum atomic E-state index is -0.0495. The zero-order valence-corrected chi connectivity index (χ0v) is 13.1. The van der Waals surface area contributed by atoms with Crippen LogP contribution in [0.25, 0.3) is 10.2 Å². The highest BCUT2D eigenvalue weighted by Gasteiger charge is 2.26. The van der Waals surface area contributed by atoms with Crippen molar-refractivity contribution in [2.24, 2.45) is 0 Å². The summed E-state index contributed by atoms with van der Waals surface area (Å²) in [5, 5.41) is 13.8. The molecule has 7 heteroatoms. The van der Waals surface area contributed by atoms with Crippen molar-refractivity contribution < 1.29 is 9.84 Å². The van der Waals surface area contributed by atoms with Crippen molar-refractivity contribution in [2.75, 3.05) is 43.1 Å². The van der Waals surface area contributed by atoms with Crippen molar-refractivity contribution in [1.82, 2.24) is 9.97 Å². The SMILES string of the molecule is CCNc1nc(N2CCOCC2CO)c2cc(C)sc2n1. The van der Waals surface area contributed by atoms with Gasteiger partial charge < -0.3 is 20.1 Å². The number of hydrogen-bond acceptors (Lipinski definition) is 7. The van der Waals surface area contributed by atoms with Crippen LogP contribution in [-0.4, -0.2) is 54.0 Å². The number of rotatable bonds is 4. The fourth-order valence-electron chi connectivity index (χ4n) is 2.57. The first-order valence-electron chi connectivity index (χ1n) is 7.20. The predicted octanol–water partition coefficient (Wildman–Crippen LogP) is 1.63. The summed E-state index contributed by atoms with van der Waals surface area (Å²) in [5.74, 6) is 1.53. The number of nitrogens with zero attached hydrogens (tertiary/aromatic N) is 3. The van der Waals surface area contributed by atoms with Gasteiger partial charge in [0.05, 0.1) is 31.2 Å². The molecule has 1 saturated heterocycles. The van der Waals surface area contributed by atoms with Crippen molar-refractivity contribution >= 4 is 33.3 Å². The van der Waals surface area contributed by atoms with Crippen LogP contribution in [0, 0.1) is 6.92 Å². The van der Waals surface area contributed by atoms with Gasteiger partial charge in [0, 0.05) is 18.0 Å². The van der Waals surface area contributed by atoms with Crippen LogP contribution in [0.2, 0.25) is 0 Å². The maximum atomic E-state index is 9.59. The van der Waals surface area contributed by atoms with Gasteiger partial charge in [-0.15, -0.1) is 11.3 Å². The van der Waals surface area contributed by atoms with E-state index in [0.29, 0.717) is 19.2 Å². The number of hydrogen-bond donors (Lipinski definition) is 2. The third-order valence-electron chi connectivity index (χ3n) is 3.54. The predicted molar refractivity (Wildman–Crippen MR) is 85.4 cm³/mol. The van der Waals surface area contributed by atoms with Gasteiger partial charge in [-0.25, -0.2) is 4.98 Å². The van der Waals surface area contributed by atoms with Crippen LogP contribution in [0.3, 0.4) is 0 Å². The lowest BCUT2D eigenvalue weighted by molar-refractivity contribution is 0.0724. The third kappa shape index (κ3) is 2.81. The van der Waals surface area contributed by atoms with E-state index >= 15 is 0 Å². The zero-order valence-electron chi connectivity index (χ0n) is 12.3. The van der Waals surface area contributed by atoms with E-state index in [1.165, 1.54) is 4.88 Å². The molecule has 6 nitrogen and oxygen atoms in total. The first kappa shape index (κ1) is 14.5. The molecule has 0 aliphatic carbocycles. The van der Waals surface area contributed by atoms with Crippen LogP contribution >= 0.6 is 11.3 Å². The highest BCUT2D eigenvalue weighted by Crippen LogP contribution is 2.33. The number of thiophene rings is 1. The molecule has 21 heavy (non-hydrogen) atoms. The number of aromatic nitrogens is 2. The fourth-order valence-corrected chi connectivity index (χ4v) is 3.44. The second-order valence-corrected chi connectivity index (χ2v) is 6.32. The lowest BCUT2D eigenvalue weighted by Gasteiger charge is -2.35. The Labute approximate surface area is 127 Å². The molecule has 1 fully saturated rings. The minimum Gasteiger partial charge on any atom is -0.394 e. The standard InChI is InChI=1S/C14H20N4O2S/c1-3-15-14-16-12(11-6-9(2)21-13(11)17-14)18-4-5-20-8-10(18)7-19/h6,10,19H,3-5,7-8H2,1-2H3,(H,15,16,17). The molecular weight excluding hydrogens is 288 g/mol. The first-order valence-corrected chi connectivity index (χ1v) is 8.02. The number of anilines is 2. The van der Waals surface area contributed by atoms with Gasteiger partial charge in [-0.3, -0.25) is 0 Å². The first-order chi connectivity index (χ1) is 10.2. The smallest absolute Gasteiger partial charge is 0.226 e. The van der Waals surface area contributed by atoms with E-state index in [1.807, 2.05) is 6.92 Å². The van der Waals surface area contributed by atoms with E-state index in [0.717, 1.165) is 29.1 Å². The summed E-state index contributed by atoms with van der Waals surface area (Å²) < 4.78 is 5.46. The Morgan fingerprint density at radius 2 is 2.38 bits per heavy atom. The summed E-state index contributed by atoms with van der Waals surface area (Å²) in [6.45, 7) is 6.86. The largest absolute Gasteiger partial charge is 0.394 e. The number of morpholine rings is 1. The normalized spacial score (nSPS) is 19.2. The molecule has 0 aromatic carbocycles. The van der Waals surface area contributed by atoms with Crippen LogP contribution in [0.5, 0.6) is 0 Å². The van der Waals surface area contributed by atoms with E-state index in [-0.39, 0.29) is 12.6 Å². The molecule has 0 bridgehead atoms. The van der Waals surface area contributed by atoms with Crippen molar-refractivity contribution in [2.45, 2.75) is 19.9 Å². The minimum absolute atomic E-state index is 0.0495. The molecular formula is C14H20N4O2S. The Hall–Kier alpha value is -1.44. The van der Waals surface area contributed by atoms with E-state index < -0.39 is 0 Å². The molecule has 0 spiro atoms. The fraction of sp³-hybridized carbons (Fsp3) is 0.571. The van der Waals surface area contributed by atoms with Gasteiger partial charge in [0.1, 0.15) is 10.6 Å². The van der Waals surface area contributed by atoms with Gasteiger partial charge >= 0.3 is 0 Å². The molecule has 2 aromatic heterocycles. The molecule has 114 valence electrons. The summed E-state index contributed by atoms with van der Waals surface area (Å²) in [7, 11) is 0. The molecule has 0 amide bonds. The van der Waals surface area contributed by atoms with Gasteiger partial charge in [0.25, 0.3) is 0 Å². The molecule has 1 aliphatic rings. The summed E-state index contributed by atoms with van der Waals surface area (Å²) in [6, 6.07) is 2.07. The van der Waals surface area contributed by atoms with Gasteiger partial charge in [-0.05, 0) is 19.9 Å². The van der Waals surface area contributed by atoms with Crippen LogP contribution in [0.1, 0.15) is 11.8 Å².